The second kappa shape index (κ2) is 10.6. The highest BCUT2D eigenvalue weighted by Crippen LogP contribution is 2.33. The highest BCUT2D eigenvalue weighted by Gasteiger charge is 2.32. The van der Waals surface area contributed by atoms with Crippen molar-refractivity contribution in [3.05, 3.63) is 57.0 Å². The molecule has 2 aromatic rings. The third-order valence-electron chi connectivity index (χ3n) is 4.29. The molecule has 6 nitrogen and oxygen atoms in total. The van der Waals surface area contributed by atoms with E-state index in [2.05, 4.69) is 5.32 Å². The van der Waals surface area contributed by atoms with Crippen molar-refractivity contribution in [2.75, 3.05) is 23.7 Å². The van der Waals surface area contributed by atoms with Gasteiger partial charge in [0.2, 0.25) is 15.9 Å². The first kappa shape index (κ1) is 24.6. The van der Waals surface area contributed by atoms with Crippen LogP contribution in [-0.4, -0.2) is 39.8 Å². The molecule has 0 radical (unpaired) electrons. The molecule has 2 aromatic carbocycles. The number of benzene rings is 2. The Morgan fingerprint density at radius 3 is 2.43 bits per heavy atom. The first-order chi connectivity index (χ1) is 14.0. The quantitative estimate of drug-likeness (QED) is 0.514. The number of carbonyl (C=O) groups is 1. The van der Waals surface area contributed by atoms with Crippen molar-refractivity contribution in [3.63, 3.8) is 0 Å². The highest BCUT2D eigenvalue weighted by molar-refractivity contribution is 7.92. The molecule has 0 aliphatic rings. The van der Waals surface area contributed by atoms with E-state index in [0.717, 1.165) is 16.1 Å². The molecule has 0 bridgehead atoms. The molecule has 1 atom stereocenters. The monoisotopic (exact) mass is 492 g/mol. The number of carbonyl (C=O) groups excluding carboxylic acids is 1. The van der Waals surface area contributed by atoms with E-state index in [0.29, 0.717) is 15.8 Å². The highest BCUT2D eigenvalue weighted by atomic mass is 35.5. The van der Waals surface area contributed by atoms with Gasteiger partial charge in [0.15, 0.2) is 0 Å². The zero-order valence-corrected chi connectivity index (χ0v) is 19.9. The van der Waals surface area contributed by atoms with Gasteiger partial charge in [-0.1, -0.05) is 47.8 Å². The van der Waals surface area contributed by atoms with Gasteiger partial charge in [0.1, 0.15) is 18.4 Å². The molecule has 0 aliphatic heterocycles. The van der Waals surface area contributed by atoms with Crippen molar-refractivity contribution in [1.82, 2.24) is 5.32 Å². The lowest BCUT2D eigenvalue weighted by Crippen LogP contribution is -2.50. The fourth-order valence-corrected chi connectivity index (χ4v) is 4.63. The fraction of sp³-hybridized carbons (Fsp3) is 0.350. The van der Waals surface area contributed by atoms with Gasteiger partial charge in [-0.15, -0.1) is 0 Å². The van der Waals surface area contributed by atoms with E-state index < -0.39 is 22.0 Å². The van der Waals surface area contributed by atoms with E-state index >= 15 is 0 Å². The van der Waals surface area contributed by atoms with Crippen LogP contribution in [0.2, 0.25) is 15.1 Å². The maximum Gasteiger partial charge on any atom is 0.244 e. The molecule has 2 rings (SSSR count). The minimum absolute atomic E-state index is 0.152. The van der Waals surface area contributed by atoms with Crippen LogP contribution >= 0.6 is 34.8 Å². The Balaban J connectivity index is 2.10. The van der Waals surface area contributed by atoms with Gasteiger partial charge in [-0.05, 0) is 49.2 Å². The molecular formula is C20H23Cl3N2O4S. The second-order valence-electron chi connectivity index (χ2n) is 6.63. The molecule has 0 heterocycles. The summed E-state index contributed by atoms with van der Waals surface area (Å²) in [6.45, 7) is 3.97. The van der Waals surface area contributed by atoms with E-state index in [-0.39, 0.29) is 30.3 Å². The number of hydrogen-bond donors (Lipinski definition) is 1. The number of amides is 1. The topological polar surface area (TPSA) is 75.7 Å². The van der Waals surface area contributed by atoms with Crippen molar-refractivity contribution in [2.45, 2.75) is 26.3 Å². The van der Waals surface area contributed by atoms with Crippen molar-refractivity contribution in [2.24, 2.45) is 0 Å². The van der Waals surface area contributed by atoms with Crippen LogP contribution in [-0.2, 0) is 14.8 Å². The molecule has 1 amide bonds. The number of aryl methyl sites for hydroxylation is 1. The van der Waals surface area contributed by atoms with Crippen molar-refractivity contribution >= 4 is 56.4 Å². The molecule has 164 valence electrons. The lowest BCUT2D eigenvalue weighted by Gasteiger charge is -2.30. The maximum atomic E-state index is 12.8. The number of rotatable bonds is 9. The van der Waals surface area contributed by atoms with Crippen LogP contribution in [0.1, 0.15) is 18.9 Å². The smallest absolute Gasteiger partial charge is 0.244 e. The zero-order valence-electron chi connectivity index (χ0n) is 16.8. The molecular weight excluding hydrogens is 471 g/mol. The Morgan fingerprint density at radius 2 is 1.83 bits per heavy atom. The molecule has 0 fully saturated rings. The van der Waals surface area contributed by atoms with Crippen molar-refractivity contribution in [3.8, 4) is 5.75 Å². The van der Waals surface area contributed by atoms with E-state index in [1.165, 1.54) is 12.1 Å². The van der Waals surface area contributed by atoms with Gasteiger partial charge in [-0.2, -0.15) is 0 Å². The van der Waals surface area contributed by atoms with Crippen LogP contribution in [0, 0.1) is 6.92 Å². The Morgan fingerprint density at radius 1 is 1.13 bits per heavy atom. The lowest BCUT2D eigenvalue weighted by atomic mass is 10.2. The molecule has 30 heavy (non-hydrogen) atoms. The number of sulfonamides is 1. The van der Waals surface area contributed by atoms with Gasteiger partial charge in [0.05, 0.1) is 23.5 Å². The lowest BCUT2D eigenvalue weighted by molar-refractivity contribution is -0.122. The van der Waals surface area contributed by atoms with Crippen LogP contribution in [0.3, 0.4) is 0 Å². The molecule has 0 saturated carbocycles. The van der Waals surface area contributed by atoms with E-state index in [4.69, 9.17) is 39.5 Å². The largest absolute Gasteiger partial charge is 0.492 e. The minimum atomic E-state index is -3.81. The molecule has 1 N–H and O–H groups in total. The Kier molecular flexibility index (Phi) is 8.67. The normalized spacial score (nSPS) is 12.3. The van der Waals surface area contributed by atoms with E-state index in [1.807, 2.05) is 13.0 Å². The summed E-state index contributed by atoms with van der Waals surface area (Å²) in [7, 11) is -3.81. The predicted molar refractivity (Wildman–Crippen MR) is 123 cm³/mol. The number of nitrogens with one attached hydrogen (secondary N) is 1. The van der Waals surface area contributed by atoms with Gasteiger partial charge in [-0.3, -0.25) is 9.10 Å². The molecule has 0 spiro atoms. The third-order valence-corrected chi connectivity index (χ3v) is 6.42. The Bertz CT molecular complexity index is 1020. The van der Waals surface area contributed by atoms with E-state index in [9.17, 15) is 13.2 Å². The Labute approximate surface area is 192 Å². The third kappa shape index (κ3) is 6.41. The summed E-state index contributed by atoms with van der Waals surface area (Å²) in [5.41, 5.74) is 1.09. The molecule has 10 heteroatoms. The summed E-state index contributed by atoms with van der Waals surface area (Å²) < 4.78 is 31.5. The van der Waals surface area contributed by atoms with Gasteiger partial charge in [0.25, 0.3) is 0 Å². The van der Waals surface area contributed by atoms with Crippen LogP contribution in [0.15, 0.2) is 36.4 Å². The van der Waals surface area contributed by atoms with Crippen LogP contribution in [0.5, 0.6) is 5.75 Å². The zero-order chi connectivity index (χ0) is 22.5. The summed E-state index contributed by atoms with van der Waals surface area (Å²) in [6.07, 6.45) is 1.25. The Hall–Kier alpha value is -1.67. The first-order valence-electron chi connectivity index (χ1n) is 9.15. The SMILES string of the molecule is CC[C@@H](C(=O)NCCOc1ccc(C)c(Cl)c1)N(c1cc(Cl)ccc1Cl)S(C)(=O)=O. The summed E-state index contributed by atoms with van der Waals surface area (Å²) in [5, 5.41) is 3.78. The van der Waals surface area contributed by atoms with Gasteiger partial charge >= 0.3 is 0 Å². The number of nitrogens with zero attached hydrogens (tertiary/aromatic N) is 1. The van der Waals surface area contributed by atoms with Crippen molar-refractivity contribution < 1.29 is 17.9 Å². The number of anilines is 1. The maximum absolute atomic E-state index is 12.8. The molecule has 0 aromatic heterocycles. The standard InChI is InChI=1S/C20H23Cl3N2O4S/c1-4-18(25(30(3,27)28)19-11-14(21)6-8-16(19)22)20(26)24-9-10-29-15-7-5-13(2)17(23)12-15/h5-8,11-12,18H,4,9-10H2,1-3H3,(H,24,26)/t18-/m0/s1. The number of ether oxygens (including phenoxy) is 1. The van der Waals surface area contributed by atoms with Crippen LogP contribution < -0.4 is 14.4 Å². The second-order valence-corrected chi connectivity index (χ2v) is 9.74. The average molecular weight is 494 g/mol. The van der Waals surface area contributed by atoms with Gasteiger partial charge in [-0.25, -0.2) is 8.42 Å². The summed E-state index contributed by atoms with van der Waals surface area (Å²) in [5.74, 6) is 0.111. The molecule has 0 saturated heterocycles. The van der Waals surface area contributed by atoms with Crippen LogP contribution in [0.4, 0.5) is 5.69 Å². The summed E-state index contributed by atoms with van der Waals surface area (Å²) >= 11 is 18.3. The minimum Gasteiger partial charge on any atom is -0.492 e. The summed E-state index contributed by atoms with van der Waals surface area (Å²) in [6, 6.07) is 8.77. The van der Waals surface area contributed by atoms with Gasteiger partial charge in [0, 0.05) is 10.0 Å². The number of halogens is 3. The van der Waals surface area contributed by atoms with Crippen LogP contribution in [0.25, 0.3) is 0 Å². The van der Waals surface area contributed by atoms with E-state index in [1.54, 1.807) is 25.1 Å². The first-order valence-corrected chi connectivity index (χ1v) is 12.1. The fourth-order valence-electron chi connectivity index (χ4n) is 2.81. The molecule has 0 unspecified atom stereocenters. The summed E-state index contributed by atoms with van der Waals surface area (Å²) in [4.78, 5) is 12.8. The average Bonchev–Trinajstić information content (AvgIpc) is 2.67. The van der Waals surface area contributed by atoms with Crippen molar-refractivity contribution in [1.29, 1.82) is 0 Å². The predicted octanol–water partition coefficient (Wildman–Crippen LogP) is 4.70. The molecule has 0 aliphatic carbocycles. The van der Waals surface area contributed by atoms with Gasteiger partial charge < -0.3 is 10.1 Å². The number of hydrogen-bond acceptors (Lipinski definition) is 4.